The van der Waals surface area contributed by atoms with E-state index < -0.39 is 11.2 Å². The molecule has 0 fully saturated rings. The first-order chi connectivity index (χ1) is 7.26. The van der Waals surface area contributed by atoms with Crippen molar-refractivity contribution in [1.82, 2.24) is 0 Å². The topological polar surface area (TPSA) is 18.5 Å². The van der Waals surface area contributed by atoms with Crippen molar-refractivity contribution in [3.63, 3.8) is 0 Å². The van der Waals surface area contributed by atoms with Gasteiger partial charge in [0.05, 0.1) is 9.52 Å². The maximum atomic E-state index is 5.61. The van der Waals surface area contributed by atoms with Crippen LogP contribution in [0.3, 0.4) is 0 Å². The van der Waals surface area contributed by atoms with Gasteiger partial charge in [0.15, 0.2) is 11.2 Å². The first-order valence-electron chi connectivity index (χ1n) is 5.30. The number of rotatable bonds is 5. The van der Waals surface area contributed by atoms with Crippen LogP contribution in [0.15, 0.2) is 11.6 Å². The molecule has 0 aromatic rings. The molecule has 0 saturated heterocycles. The van der Waals surface area contributed by atoms with E-state index in [0.29, 0.717) is 5.95 Å². The minimum atomic E-state index is -0.680. The summed E-state index contributed by atoms with van der Waals surface area (Å²) in [7, 11) is -0.336. The summed E-state index contributed by atoms with van der Waals surface area (Å²) in [6.45, 7) is 9.36. The van der Waals surface area contributed by atoms with Crippen LogP contribution in [0.4, 0.5) is 0 Å². The number of terminal acetylenes is 2. The van der Waals surface area contributed by atoms with Crippen molar-refractivity contribution in [2.75, 3.05) is 0 Å². The minimum absolute atomic E-state index is 0.336. The smallest absolute Gasteiger partial charge is 0.273 e. The van der Waals surface area contributed by atoms with E-state index in [1.165, 1.54) is 0 Å². The van der Waals surface area contributed by atoms with Crippen LogP contribution in [-0.4, -0.2) is 20.7 Å². The standard InChI is InChI=1S/C13H20O2Si/c1-8-12(3,4)14-11(10-16-7)15-13(5,6)9-2/h1-2,10H,16H2,3-7H3. The molecule has 0 atom stereocenters. The van der Waals surface area contributed by atoms with E-state index in [1.54, 1.807) is 0 Å². The summed E-state index contributed by atoms with van der Waals surface area (Å²) < 4.78 is 11.2. The highest BCUT2D eigenvalue weighted by Crippen LogP contribution is 2.20. The molecule has 0 aliphatic carbocycles. The zero-order chi connectivity index (χ0) is 12.8. The molecular weight excluding hydrogens is 216 g/mol. The third-order valence-electron chi connectivity index (χ3n) is 1.78. The first kappa shape index (κ1) is 14.7. The van der Waals surface area contributed by atoms with Gasteiger partial charge in [0.1, 0.15) is 0 Å². The average molecular weight is 236 g/mol. The van der Waals surface area contributed by atoms with Gasteiger partial charge in [0, 0.05) is 0 Å². The largest absolute Gasteiger partial charge is 0.447 e. The van der Waals surface area contributed by atoms with Crippen molar-refractivity contribution in [3.05, 3.63) is 11.6 Å². The van der Waals surface area contributed by atoms with Crippen molar-refractivity contribution in [2.45, 2.75) is 45.4 Å². The zero-order valence-corrected chi connectivity index (χ0v) is 12.2. The number of hydrogen-bond acceptors (Lipinski definition) is 2. The summed E-state index contributed by atoms with van der Waals surface area (Å²) in [5, 5.41) is 0. The molecule has 0 aromatic heterocycles. The molecule has 0 aromatic carbocycles. The Hall–Kier alpha value is -1.32. The summed E-state index contributed by atoms with van der Waals surface area (Å²) in [5.74, 6) is 5.55. The third kappa shape index (κ3) is 5.53. The summed E-state index contributed by atoms with van der Waals surface area (Å²) in [6, 6.07) is 0. The van der Waals surface area contributed by atoms with Gasteiger partial charge in [0.2, 0.25) is 0 Å². The van der Waals surface area contributed by atoms with Crippen LogP contribution in [0.25, 0.3) is 0 Å². The molecular formula is C13H20O2Si. The van der Waals surface area contributed by atoms with Crippen molar-refractivity contribution >= 4 is 9.52 Å². The molecule has 0 spiro atoms. The highest BCUT2D eigenvalue weighted by atomic mass is 28.2. The van der Waals surface area contributed by atoms with E-state index in [4.69, 9.17) is 22.3 Å². The Morgan fingerprint density at radius 3 is 1.69 bits per heavy atom. The monoisotopic (exact) mass is 236 g/mol. The van der Waals surface area contributed by atoms with E-state index in [0.717, 1.165) is 0 Å². The number of ether oxygens (including phenoxy) is 2. The van der Waals surface area contributed by atoms with Crippen LogP contribution in [0.2, 0.25) is 6.55 Å². The van der Waals surface area contributed by atoms with Gasteiger partial charge in [-0.15, -0.1) is 12.8 Å². The predicted octanol–water partition coefficient (Wildman–Crippen LogP) is 1.86. The molecule has 0 N–H and O–H groups in total. The fourth-order valence-electron chi connectivity index (χ4n) is 0.833. The van der Waals surface area contributed by atoms with E-state index in [2.05, 4.69) is 18.4 Å². The highest BCUT2D eigenvalue weighted by Gasteiger charge is 2.23. The molecule has 0 amide bonds. The van der Waals surface area contributed by atoms with Gasteiger partial charge in [-0.2, -0.15) is 0 Å². The molecule has 3 heteroatoms. The van der Waals surface area contributed by atoms with Gasteiger partial charge in [-0.05, 0) is 33.4 Å². The summed E-state index contributed by atoms with van der Waals surface area (Å²) in [6.07, 6.45) is 10.7. The maximum absolute atomic E-state index is 5.61. The van der Waals surface area contributed by atoms with Gasteiger partial charge in [-0.25, -0.2) is 0 Å². The van der Waals surface area contributed by atoms with E-state index >= 15 is 0 Å². The van der Waals surface area contributed by atoms with Crippen LogP contribution in [0, 0.1) is 24.7 Å². The van der Waals surface area contributed by atoms with Crippen molar-refractivity contribution in [2.24, 2.45) is 0 Å². The third-order valence-corrected chi connectivity index (χ3v) is 2.52. The van der Waals surface area contributed by atoms with Gasteiger partial charge in [-0.1, -0.05) is 18.4 Å². The van der Waals surface area contributed by atoms with E-state index in [-0.39, 0.29) is 9.52 Å². The second-order valence-corrected chi connectivity index (χ2v) is 5.67. The lowest BCUT2D eigenvalue weighted by Crippen LogP contribution is -2.28. The number of hydrogen-bond donors (Lipinski definition) is 0. The fraction of sp³-hybridized carbons (Fsp3) is 0.538. The molecule has 0 unspecified atom stereocenters. The fourth-order valence-corrected chi connectivity index (χ4v) is 1.33. The van der Waals surface area contributed by atoms with E-state index in [1.807, 2.05) is 33.4 Å². The Labute approximate surface area is 101 Å². The highest BCUT2D eigenvalue weighted by molar-refractivity contribution is 6.40. The van der Waals surface area contributed by atoms with Crippen molar-refractivity contribution in [1.29, 1.82) is 0 Å². The second-order valence-electron chi connectivity index (χ2n) is 4.44. The summed E-state index contributed by atoms with van der Waals surface area (Å²) in [5.41, 5.74) is 0.596. The molecule has 2 nitrogen and oxygen atoms in total. The lowest BCUT2D eigenvalue weighted by atomic mass is 10.1. The normalized spacial score (nSPS) is 11.7. The average Bonchev–Trinajstić information content (AvgIpc) is 2.17. The first-order valence-corrected chi connectivity index (χ1v) is 7.53. The van der Waals surface area contributed by atoms with Gasteiger partial charge < -0.3 is 9.47 Å². The Bertz CT molecular complexity index is 310. The Kier molecular flexibility index (Phi) is 5.21. The van der Waals surface area contributed by atoms with Gasteiger partial charge >= 0.3 is 0 Å². The Morgan fingerprint density at radius 2 is 1.44 bits per heavy atom. The lowest BCUT2D eigenvalue weighted by Gasteiger charge is -2.27. The van der Waals surface area contributed by atoms with Crippen LogP contribution in [0.5, 0.6) is 0 Å². The molecule has 0 aliphatic rings. The van der Waals surface area contributed by atoms with Crippen molar-refractivity contribution < 1.29 is 9.47 Å². The molecule has 88 valence electrons. The van der Waals surface area contributed by atoms with Crippen molar-refractivity contribution in [3.8, 4) is 24.7 Å². The summed E-state index contributed by atoms with van der Waals surface area (Å²) in [4.78, 5) is 0. The molecule has 0 saturated carbocycles. The second kappa shape index (κ2) is 5.68. The Balaban J connectivity index is 4.76. The van der Waals surface area contributed by atoms with Crippen LogP contribution in [-0.2, 0) is 9.47 Å². The summed E-state index contributed by atoms with van der Waals surface area (Å²) >= 11 is 0. The molecule has 0 heterocycles. The molecule has 16 heavy (non-hydrogen) atoms. The maximum Gasteiger partial charge on any atom is 0.273 e. The molecule has 0 aliphatic heterocycles. The lowest BCUT2D eigenvalue weighted by molar-refractivity contribution is -0.0644. The molecule has 0 bridgehead atoms. The molecule has 0 radical (unpaired) electrons. The van der Waals surface area contributed by atoms with Gasteiger partial charge in [-0.3, -0.25) is 0 Å². The van der Waals surface area contributed by atoms with Crippen LogP contribution < -0.4 is 0 Å². The quantitative estimate of drug-likeness (QED) is 0.412. The predicted molar refractivity (Wildman–Crippen MR) is 70.5 cm³/mol. The van der Waals surface area contributed by atoms with Crippen LogP contribution >= 0.6 is 0 Å². The Morgan fingerprint density at radius 1 is 1.06 bits per heavy atom. The SMILES string of the molecule is C#CC(C)(C)OC(=C[SiH2]C)OC(C)(C)C#C. The van der Waals surface area contributed by atoms with Gasteiger partial charge in [0.25, 0.3) is 5.95 Å². The minimum Gasteiger partial charge on any atom is -0.447 e. The van der Waals surface area contributed by atoms with E-state index in [9.17, 15) is 0 Å². The van der Waals surface area contributed by atoms with Crippen LogP contribution in [0.1, 0.15) is 27.7 Å². The zero-order valence-electron chi connectivity index (χ0n) is 10.8. The molecule has 0 rings (SSSR count).